The van der Waals surface area contributed by atoms with Crippen molar-refractivity contribution >= 4 is 0 Å². The fourth-order valence-corrected chi connectivity index (χ4v) is 2.38. The molecule has 1 saturated carbocycles. The number of nitrogens with zero attached hydrogens (tertiary/aromatic N) is 1. The second-order valence-electron chi connectivity index (χ2n) is 6.56. The fourth-order valence-electron chi connectivity index (χ4n) is 2.38. The highest BCUT2D eigenvalue weighted by atomic mass is 15.1. The van der Waals surface area contributed by atoms with E-state index in [1.54, 1.807) is 0 Å². The number of nitrogens with one attached hydrogen (secondary N) is 1. The lowest BCUT2D eigenvalue weighted by atomic mass is 10.1. The smallest absolute Gasteiger partial charge is 0.00387 e. The highest BCUT2D eigenvalue weighted by Crippen LogP contribution is 2.30. The van der Waals surface area contributed by atoms with Crippen LogP contribution in [-0.2, 0) is 0 Å². The molecule has 0 amide bonds. The summed E-state index contributed by atoms with van der Waals surface area (Å²) in [4.78, 5) is 2.68. The Balaban J connectivity index is 1.94. The van der Waals surface area contributed by atoms with Crippen molar-refractivity contribution in [3.8, 4) is 0 Å². The number of hydrogen-bond donors (Lipinski definition) is 1. The summed E-state index contributed by atoms with van der Waals surface area (Å²) in [5, 5.41) is 3.49. The van der Waals surface area contributed by atoms with E-state index in [2.05, 4.69) is 37.9 Å². The molecule has 1 aliphatic rings. The second kappa shape index (κ2) is 8.92. The topological polar surface area (TPSA) is 15.3 Å². The van der Waals surface area contributed by atoms with Crippen LogP contribution in [0.3, 0.4) is 0 Å². The van der Waals surface area contributed by atoms with E-state index >= 15 is 0 Å². The third-order valence-electron chi connectivity index (χ3n) is 3.84. The molecule has 0 aliphatic heterocycles. The van der Waals surface area contributed by atoms with E-state index in [1.807, 2.05) is 0 Å². The summed E-state index contributed by atoms with van der Waals surface area (Å²) in [5.74, 6) is 1.03. The van der Waals surface area contributed by atoms with E-state index in [0.717, 1.165) is 12.0 Å². The zero-order chi connectivity index (χ0) is 13.4. The number of hydrogen-bond acceptors (Lipinski definition) is 2. The summed E-state index contributed by atoms with van der Waals surface area (Å²) in [5.41, 5.74) is 0. The molecule has 0 atom stereocenters. The molecule has 0 unspecified atom stereocenters. The standard InChI is InChI=1S/C16H34N2/c1-14(2)17-11-7-5-6-8-12-18(15(3)4)13-16-9-10-16/h14-17H,5-13H2,1-4H3. The number of rotatable bonds is 11. The van der Waals surface area contributed by atoms with Gasteiger partial charge in [-0.15, -0.1) is 0 Å². The first-order valence-corrected chi connectivity index (χ1v) is 8.07. The Bertz CT molecular complexity index is 197. The van der Waals surface area contributed by atoms with E-state index in [9.17, 15) is 0 Å². The Morgan fingerprint density at radius 3 is 2.22 bits per heavy atom. The zero-order valence-electron chi connectivity index (χ0n) is 13.0. The van der Waals surface area contributed by atoms with Crippen molar-refractivity contribution < 1.29 is 0 Å². The van der Waals surface area contributed by atoms with Gasteiger partial charge in [-0.05, 0) is 58.5 Å². The van der Waals surface area contributed by atoms with E-state index in [1.165, 1.54) is 58.2 Å². The average molecular weight is 254 g/mol. The van der Waals surface area contributed by atoms with Crippen LogP contribution in [0.25, 0.3) is 0 Å². The maximum Gasteiger partial charge on any atom is 0.00387 e. The Kier molecular flexibility index (Phi) is 7.92. The van der Waals surface area contributed by atoms with Gasteiger partial charge in [0, 0.05) is 18.6 Å². The average Bonchev–Trinajstić information content (AvgIpc) is 3.09. The zero-order valence-corrected chi connectivity index (χ0v) is 13.0. The highest BCUT2D eigenvalue weighted by molar-refractivity contribution is 4.78. The van der Waals surface area contributed by atoms with Gasteiger partial charge in [0.25, 0.3) is 0 Å². The van der Waals surface area contributed by atoms with Gasteiger partial charge in [-0.3, -0.25) is 0 Å². The van der Waals surface area contributed by atoms with Gasteiger partial charge in [-0.2, -0.15) is 0 Å². The maximum absolute atomic E-state index is 3.49. The minimum atomic E-state index is 0.639. The molecular formula is C16H34N2. The summed E-state index contributed by atoms with van der Waals surface area (Å²) in [6.07, 6.45) is 8.45. The van der Waals surface area contributed by atoms with Gasteiger partial charge in [-0.25, -0.2) is 0 Å². The van der Waals surface area contributed by atoms with E-state index < -0.39 is 0 Å². The van der Waals surface area contributed by atoms with E-state index in [4.69, 9.17) is 0 Å². The summed E-state index contributed by atoms with van der Waals surface area (Å²) >= 11 is 0. The van der Waals surface area contributed by atoms with Gasteiger partial charge in [0.2, 0.25) is 0 Å². The molecule has 0 aromatic heterocycles. The first-order valence-electron chi connectivity index (χ1n) is 8.07. The van der Waals surface area contributed by atoms with Gasteiger partial charge in [-0.1, -0.05) is 26.7 Å². The van der Waals surface area contributed by atoms with Crippen LogP contribution in [0, 0.1) is 5.92 Å². The minimum Gasteiger partial charge on any atom is -0.315 e. The molecule has 0 spiro atoms. The third-order valence-corrected chi connectivity index (χ3v) is 3.84. The van der Waals surface area contributed by atoms with Crippen LogP contribution in [-0.4, -0.2) is 36.6 Å². The van der Waals surface area contributed by atoms with Crippen LogP contribution in [0.2, 0.25) is 0 Å². The van der Waals surface area contributed by atoms with Crippen molar-refractivity contribution in [3.63, 3.8) is 0 Å². The highest BCUT2D eigenvalue weighted by Gasteiger charge is 2.24. The quantitative estimate of drug-likeness (QED) is 0.566. The number of unbranched alkanes of at least 4 members (excludes halogenated alkanes) is 3. The lowest BCUT2D eigenvalue weighted by Crippen LogP contribution is -2.33. The normalized spacial score (nSPS) is 16.2. The summed E-state index contributed by atoms with van der Waals surface area (Å²) in [6.45, 7) is 13.0. The van der Waals surface area contributed by atoms with E-state index in [-0.39, 0.29) is 0 Å². The molecular weight excluding hydrogens is 220 g/mol. The van der Waals surface area contributed by atoms with Crippen LogP contribution in [0.1, 0.15) is 66.2 Å². The Labute approximate surface area is 115 Å². The molecule has 2 nitrogen and oxygen atoms in total. The monoisotopic (exact) mass is 254 g/mol. The molecule has 108 valence electrons. The van der Waals surface area contributed by atoms with Gasteiger partial charge < -0.3 is 10.2 Å². The Hall–Kier alpha value is -0.0800. The molecule has 1 fully saturated rings. The van der Waals surface area contributed by atoms with E-state index in [0.29, 0.717) is 6.04 Å². The fraction of sp³-hybridized carbons (Fsp3) is 1.00. The summed E-state index contributed by atoms with van der Waals surface area (Å²) in [7, 11) is 0. The third kappa shape index (κ3) is 8.10. The predicted molar refractivity (Wildman–Crippen MR) is 81.0 cm³/mol. The molecule has 0 saturated heterocycles. The molecule has 1 aliphatic carbocycles. The minimum absolute atomic E-state index is 0.639. The largest absolute Gasteiger partial charge is 0.315 e. The molecule has 2 heteroatoms. The first kappa shape index (κ1) is 16.0. The van der Waals surface area contributed by atoms with Crippen molar-refractivity contribution in [1.29, 1.82) is 0 Å². The molecule has 0 aromatic carbocycles. The maximum atomic E-state index is 3.49. The lowest BCUT2D eigenvalue weighted by Gasteiger charge is -2.26. The molecule has 0 bridgehead atoms. The summed E-state index contributed by atoms with van der Waals surface area (Å²) < 4.78 is 0. The van der Waals surface area contributed by atoms with Crippen LogP contribution in [0.4, 0.5) is 0 Å². The molecule has 0 radical (unpaired) electrons. The first-order chi connectivity index (χ1) is 8.59. The molecule has 1 N–H and O–H groups in total. The van der Waals surface area contributed by atoms with Crippen molar-refractivity contribution in [2.45, 2.75) is 78.3 Å². The van der Waals surface area contributed by atoms with Crippen LogP contribution in [0.5, 0.6) is 0 Å². The molecule has 1 rings (SSSR count). The second-order valence-corrected chi connectivity index (χ2v) is 6.56. The predicted octanol–water partition coefficient (Wildman–Crippen LogP) is 3.67. The molecule has 0 heterocycles. The van der Waals surface area contributed by atoms with Crippen molar-refractivity contribution in [2.24, 2.45) is 5.92 Å². The summed E-state index contributed by atoms with van der Waals surface area (Å²) in [6, 6.07) is 1.37. The van der Waals surface area contributed by atoms with Gasteiger partial charge in [0.1, 0.15) is 0 Å². The molecule has 18 heavy (non-hydrogen) atoms. The van der Waals surface area contributed by atoms with Crippen LogP contribution < -0.4 is 5.32 Å². The van der Waals surface area contributed by atoms with Crippen molar-refractivity contribution in [2.75, 3.05) is 19.6 Å². The SMILES string of the molecule is CC(C)NCCCCCCN(CC1CC1)C(C)C. The van der Waals surface area contributed by atoms with Crippen molar-refractivity contribution in [3.05, 3.63) is 0 Å². The lowest BCUT2D eigenvalue weighted by molar-refractivity contribution is 0.208. The van der Waals surface area contributed by atoms with Gasteiger partial charge in [0.05, 0.1) is 0 Å². The molecule has 0 aromatic rings. The van der Waals surface area contributed by atoms with Gasteiger partial charge in [0.15, 0.2) is 0 Å². The van der Waals surface area contributed by atoms with Crippen LogP contribution >= 0.6 is 0 Å². The van der Waals surface area contributed by atoms with Crippen LogP contribution in [0.15, 0.2) is 0 Å². The van der Waals surface area contributed by atoms with Crippen molar-refractivity contribution in [1.82, 2.24) is 10.2 Å². The Morgan fingerprint density at radius 2 is 1.67 bits per heavy atom. The Morgan fingerprint density at radius 1 is 1.00 bits per heavy atom. The van der Waals surface area contributed by atoms with Gasteiger partial charge >= 0.3 is 0 Å².